The average molecular weight is 198 g/mol. The van der Waals surface area contributed by atoms with Crippen LogP contribution in [-0.4, -0.2) is 13.1 Å². The van der Waals surface area contributed by atoms with Crippen LogP contribution in [0.1, 0.15) is 19.4 Å². The molecular formula is C10H18N2S. The normalized spacial score (nSPS) is 11.7. The molecule has 0 aliphatic carbocycles. The van der Waals surface area contributed by atoms with E-state index in [2.05, 4.69) is 37.5 Å². The molecule has 13 heavy (non-hydrogen) atoms. The number of hydrogen-bond donors (Lipinski definition) is 2. The highest BCUT2D eigenvalue weighted by Crippen LogP contribution is 2.23. The third kappa shape index (κ3) is 3.01. The van der Waals surface area contributed by atoms with Gasteiger partial charge in [-0.3, -0.25) is 0 Å². The van der Waals surface area contributed by atoms with E-state index in [1.165, 1.54) is 10.6 Å². The van der Waals surface area contributed by atoms with Crippen LogP contribution in [0.5, 0.6) is 0 Å². The number of anilines is 1. The van der Waals surface area contributed by atoms with Crippen LogP contribution in [0.2, 0.25) is 0 Å². The molecule has 0 fully saturated rings. The van der Waals surface area contributed by atoms with Crippen LogP contribution in [0, 0.1) is 12.3 Å². The zero-order valence-electron chi connectivity index (χ0n) is 8.55. The third-order valence-corrected chi connectivity index (χ3v) is 3.12. The molecule has 3 N–H and O–H groups in total. The quantitative estimate of drug-likeness (QED) is 0.780. The maximum absolute atomic E-state index is 5.65. The molecule has 0 amide bonds. The van der Waals surface area contributed by atoms with Gasteiger partial charge in [-0.05, 0) is 35.9 Å². The Morgan fingerprint density at radius 3 is 2.69 bits per heavy atom. The summed E-state index contributed by atoms with van der Waals surface area (Å²) >= 11 is 1.75. The summed E-state index contributed by atoms with van der Waals surface area (Å²) in [7, 11) is 0. The molecule has 3 heteroatoms. The topological polar surface area (TPSA) is 38.0 Å². The van der Waals surface area contributed by atoms with Crippen molar-refractivity contribution in [2.24, 2.45) is 11.1 Å². The number of nitrogens with one attached hydrogen (secondary N) is 1. The second-order valence-corrected chi connectivity index (χ2v) is 5.07. The SMILES string of the molecule is Cc1ccsc1NCC(C)(C)CN. The van der Waals surface area contributed by atoms with E-state index in [0.29, 0.717) is 6.54 Å². The van der Waals surface area contributed by atoms with Crippen molar-refractivity contribution >= 4 is 16.3 Å². The van der Waals surface area contributed by atoms with Gasteiger partial charge in [0.1, 0.15) is 0 Å². The molecule has 0 saturated heterocycles. The van der Waals surface area contributed by atoms with Crippen LogP contribution in [0.15, 0.2) is 11.4 Å². The molecule has 1 rings (SSSR count). The predicted molar refractivity (Wildman–Crippen MR) is 60.4 cm³/mol. The minimum absolute atomic E-state index is 0.177. The van der Waals surface area contributed by atoms with Gasteiger partial charge >= 0.3 is 0 Å². The molecule has 0 aliphatic heterocycles. The van der Waals surface area contributed by atoms with Gasteiger partial charge in [-0.2, -0.15) is 0 Å². The summed E-state index contributed by atoms with van der Waals surface area (Å²) in [5, 5.41) is 6.79. The monoisotopic (exact) mass is 198 g/mol. The van der Waals surface area contributed by atoms with Gasteiger partial charge in [0, 0.05) is 6.54 Å². The van der Waals surface area contributed by atoms with Gasteiger partial charge in [0.2, 0.25) is 0 Å². The smallest absolute Gasteiger partial charge is 0.0912 e. The van der Waals surface area contributed by atoms with Gasteiger partial charge in [-0.1, -0.05) is 13.8 Å². The van der Waals surface area contributed by atoms with Crippen LogP contribution >= 0.6 is 11.3 Å². The molecule has 0 unspecified atom stereocenters. The Kier molecular flexibility index (Phi) is 3.33. The van der Waals surface area contributed by atoms with E-state index in [4.69, 9.17) is 5.73 Å². The van der Waals surface area contributed by atoms with Crippen molar-refractivity contribution in [3.63, 3.8) is 0 Å². The van der Waals surface area contributed by atoms with E-state index in [0.717, 1.165) is 6.54 Å². The fourth-order valence-electron chi connectivity index (χ4n) is 0.946. The van der Waals surface area contributed by atoms with Gasteiger partial charge in [0.05, 0.1) is 5.00 Å². The van der Waals surface area contributed by atoms with Gasteiger partial charge in [0.25, 0.3) is 0 Å². The zero-order chi connectivity index (χ0) is 9.90. The molecule has 1 aromatic heterocycles. The molecule has 0 spiro atoms. The highest BCUT2D eigenvalue weighted by molar-refractivity contribution is 7.14. The van der Waals surface area contributed by atoms with Crippen LogP contribution in [0.4, 0.5) is 5.00 Å². The van der Waals surface area contributed by atoms with Crippen molar-refractivity contribution in [3.05, 3.63) is 17.0 Å². The second-order valence-electron chi connectivity index (χ2n) is 4.15. The van der Waals surface area contributed by atoms with Crippen molar-refractivity contribution < 1.29 is 0 Å². The Morgan fingerprint density at radius 2 is 2.23 bits per heavy atom. The lowest BCUT2D eigenvalue weighted by atomic mass is 9.94. The third-order valence-electron chi connectivity index (χ3n) is 2.14. The molecule has 74 valence electrons. The first-order valence-electron chi connectivity index (χ1n) is 4.53. The van der Waals surface area contributed by atoms with Crippen LogP contribution < -0.4 is 11.1 Å². The van der Waals surface area contributed by atoms with Crippen LogP contribution in [0.25, 0.3) is 0 Å². The van der Waals surface area contributed by atoms with Crippen LogP contribution in [0.3, 0.4) is 0 Å². The van der Waals surface area contributed by atoms with E-state index in [1.807, 2.05) is 0 Å². The summed E-state index contributed by atoms with van der Waals surface area (Å²) in [5.41, 5.74) is 7.14. The van der Waals surface area contributed by atoms with Gasteiger partial charge < -0.3 is 11.1 Å². The lowest BCUT2D eigenvalue weighted by Crippen LogP contribution is -2.31. The van der Waals surface area contributed by atoms with E-state index in [1.54, 1.807) is 11.3 Å². The first kappa shape index (κ1) is 10.5. The van der Waals surface area contributed by atoms with Crippen molar-refractivity contribution in [1.29, 1.82) is 0 Å². The molecule has 1 heterocycles. The molecule has 0 radical (unpaired) electrons. The molecular weight excluding hydrogens is 180 g/mol. The van der Waals surface area contributed by atoms with E-state index < -0.39 is 0 Å². The molecule has 0 aliphatic rings. The van der Waals surface area contributed by atoms with E-state index in [-0.39, 0.29) is 5.41 Å². The molecule has 1 aromatic rings. The fraction of sp³-hybridized carbons (Fsp3) is 0.600. The maximum Gasteiger partial charge on any atom is 0.0912 e. The Balaban J connectivity index is 2.48. The summed E-state index contributed by atoms with van der Waals surface area (Å²) in [6, 6.07) is 2.13. The summed E-state index contributed by atoms with van der Waals surface area (Å²) in [5.74, 6) is 0. The molecule has 2 nitrogen and oxygen atoms in total. The fourth-order valence-corrected chi connectivity index (χ4v) is 1.76. The molecule has 0 aromatic carbocycles. The highest BCUT2D eigenvalue weighted by atomic mass is 32.1. The summed E-state index contributed by atoms with van der Waals surface area (Å²) in [6.07, 6.45) is 0. The summed E-state index contributed by atoms with van der Waals surface area (Å²) in [6.45, 7) is 8.11. The molecule has 0 saturated carbocycles. The first-order valence-corrected chi connectivity index (χ1v) is 5.41. The van der Waals surface area contributed by atoms with Gasteiger partial charge in [0.15, 0.2) is 0 Å². The predicted octanol–water partition coefficient (Wildman–Crippen LogP) is 2.45. The Hall–Kier alpha value is -0.540. The summed E-state index contributed by atoms with van der Waals surface area (Å²) < 4.78 is 0. The number of thiophene rings is 1. The number of aryl methyl sites for hydroxylation is 1. The van der Waals surface area contributed by atoms with Gasteiger partial charge in [-0.15, -0.1) is 11.3 Å². The Morgan fingerprint density at radius 1 is 1.54 bits per heavy atom. The van der Waals surface area contributed by atoms with Crippen molar-refractivity contribution in [3.8, 4) is 0 Å². The van der Waals surface area contributed by atoms with E-state index in [9.17, 15) is 0 Å². The number of nitrogens with two attached hydrogens (primary N) is 1. The largest absolute Gasteiger partial charge is 0.376 e. The van der Waals surface area contributed by atoms with Crippen molar-refractivity contribution in [2.45, 2.75) is 20.8 Å². The number of hydrogen-bond acceptors (Lipinski definition) is 3. The molecule has 0 atom stereocenters. The lowest BCUT2D eigenvalue weighted by molar-refractivity contribution is 0.406. The van der Waals surface area contributed by atoms with E-state index >= 15 is 0 Å². The first-order chi connectivity index (χ1) is 6.05. The number of rotatable bonds is 4. The average Bonchev–Trinajstić information content (AvgIpc) is 2.48. The van der Waals surface area contributed by atoms with Gasteiger partial charge in [-0.25, -0.2) is 0 Å². The van der Waals surface area contributed by atoms with Crippen LogP contribution in [-0.2, 0) is 0 Å². The highest BCUT2D eigenvalue weighted by Gasteiger charge is 2.15. The van der Waals surface area contributed by atoms with Crippen molar-refractivity contribution in [2.75, 3.05) is 18.4 Å². The molecule has 0 bridgehead atoms. The summed E-state index contributed by atoms with van der Waals surface area (Å²) in [4.78, 5) is 0. The lowest BCUT2D eigenvalue weighted by Gasteiger charge is -2.22. The maximum atomic E-state index is 5.65. The zero-order valence-corrected chi connectivity index (χ0v) is 9.37. The Bertz CT molecular complexity index is 266. The Labute approximate surface area is 84.2 Å². The minimum Gasteiger partial charge on any atom is -0.376 e. The standard InChI is InChI=1S/C10H18N2S/c1-8-4-5-13-9(8)12-7-10(2,3)6-11/h4-5,12H,6-7,11H2,1-3H3. The van der Waals surface area contributed by atoms with Crippen molar-refractivity contribution in [1.82, 2.24) is 0 Å². The second kappa shape index (κ2) is 4.11. The minimum atomic E-state index is 0.177.